The molecular weight excluding hydrogens is 216 g/mol. The smallest absolute Gasteiger partial charge is 0.317 e. The van der Waals surface area contributed by atoms with Crippen molar-refractivity contribution in [3.8, 4) is 0 Å². The van der Waals surface area contributed by atoms with Gasteiger partial charge in [-0.3, -0.25) is 14.6 Å². The van der Waals surface area contributed by atoms with Gasteiger partial charge in [0.05, 0.1) is 6.54 Å². The number of nitrogens with zero attached hydrogens (tertiary/aromatic N) is 2. The van der Waals surface area contributed by atoms with E-state index in [0.717, 1.165) is 13.1 Å². The molecule has 0 bridgehead atoms. The van der Waals surface area contributed by atoms with E-state index in [1.54, 1.807) is 0 Å². The highest BCUT2D eigenvalue weighted by Crippen LogP contribution is 2.41. The minimum absolute atomic E-state index is 0.213. The molecular formula is C13H24N2O2. The van der Waals surface area contributed by atoms with Crippen LogP contribution >= 0.6 is 0 Å². The molecule has 98 valence electrons. The van der Waals surface area contributed by atoms with Crippen LogP contribution < -0.4 is 0 Å². The van der Waals surface area contributed by atoms with Gasteiger partial charge in [-0.25, -0.2) is 0 Å². The maximum Gasteiger partial charge on any atom is 0.317 e. The van der Waals surface area contributed by atoms with Crippen molar-refractivity contribution < 1.29 is 9.90 Å². The summed E-state index contributed by atoms with van der Waals surface area (Å²) < 4.78 is 0. The van der Waals surface area contributed by atoms with Gasteiger partial charge in [-0.1, -0.05) is 6.92 Å². The van der Waals surface area contributed by atoms with Gasteiger partial charge in [-0.15, -0.1) is 0 Å². The van der Waals surface area contributed by atoms with Gasteiger partial charge >= 0.3 is 5.97 Å². The van der Waals surface area contributed by atoms with Crippen LogP contribution in [0, 0.1) is 5.41 Å². The predicted octanol–water partition coefficient (Wildman–Crippen LogP) is 1.27. The second kappa shape index (κ2) is 4.94. The molecule has 0 saturated carbocycles. The number of hydrogen-bond acceptors (Lipinski definition) is 3. The van der Waals surface area contributed by atoms with Crippen molar-refractivity contribution >= 4 is 5.97 Å². The molecule has 1 N–H and O–H groups in total. The fourth-order valence-corrected chi connectivity index (χ4v) is 3.08. The van der Waals surface area contributed by atoms with E-state index < -0.39 is 5.97 Å². The molecule has 17 heavy (non-hydrogen) atoms. The zero-order chi connectivity index (χ0) is 12.5. The first kappa shape index (κ1) is 12.8. The Kier molecular flexibility index (Phi) is 3.73. The Morgan fingerprint density at radius 3 is 2.41 bits per heavy atom. The third-order valence-corrected chi connectivity index (χ3v) is 4.57. The van der Waals surface area contributed by atoms with Crippen LogP contribution in [0.5, 0.6) is 0 Å². The molecule has 2 saturated heterocycles. The molecule has 1 spiro atoms. The van der Waals surface area contributed by atoms with Crippen molar-refractivity contribution in [3.05, 3.63) is 0 Å². The Hall–Kier alpha value is -0.610. The second-order valence-electron chi connectivity index (χ2n) is 5.83. The molecule has 4 nitrogen and oxygen atoms in total. The molecule has 0 aromatic heterocycles. The van der Waals surface area contributed by atoms with E-state index in [2.05, 4.69) is 23.6 Å². The summed E-state index contributed by atoms with van der Waals surface area (Å²) in [5.74, 6) is -0.698. The summed E-state index contributed by atoms with van der Waals surface area (Å²) in [7, 11) is 0. The highest BCUT2D eigenvalue weighted by Gasteiger charge is 2.45. The number of hydrogen-bond donors (Lipinski definition) is 1. The lowest BCUT2D eigenvalue weighted by Crippen LogP contribution is -2.62. The van der Waals surface area contributed by atoms with Gasteiger partial charge < -0.3 is 5.11 Å². The summed E-state index contributed by atoms with van der Waals surface area (Å²) in [6, 6.07) is 0.706. The molecule has 0 aromatic rings. The van der Waals surface area contributed by atoms with Crippen LogP contribution in [0.1, 0.15) is 33.1 Å². The van der Waals surface area contributed by atoms with Gasteiger partial charge in [-0.2, -0.15) is 0 Å². The quantitative estimate of drug-likeness (QED) is 0.803. The van der Waals surface area contributed by atoms with E-state index in [1.807, 2.05) is 0 Å². The molecule has 0 aliphatic carbocycles. The fourth-order valence-electron chi connectivity index (χ4n) is 3.08. The number of likely N-dealkylation sites (tertiary alicyclic amines) is 2. The molecule has 2 aliphatic heterocycles. The van der Waals surface area contributed by atoms with Crippen LogP contribution in [0.2, 0.25) is 0 Å². The first-order valence-corrected chi connectivity index (χ1v) is 6.73. The van der Waals surface area contributed by atoms with E-state index in [4.69, 9.17) is 5.11 Å². The predicted molar refractivity (Wildman–Crippen MR) is 67.1 cm³/mol. The highest BCUT2D eigenvalue weighted by atomic mass is 16.4. The first-order chi connectivity index (χ1) is 8.04. The maximum atomic E-state index is 10.6. The average Bonchev–Trinajstić information content (AvgIpc) is 2.25. The van der Waals surface area contributed by atoms with Gasteiger partial charge in [0.15, 0.2) is 0 Å². The van der Waals surface area contributed by atoms with E-state index in [1.165, 1.54) is 32.4 Å². The topological polar surface area (TPSA) is 43.8 Å². The zero-order valence-corrected chi connectivity index (χ0v) is 11.0. The Bertz CT molecular complexity index is 277. The van der Waals surface area contributed by atoms with Crippen molar-refractivity contribution in [1.82, 2.24) is 9.80 Å². The summed E-state index contributed by atoms with van der Waals surface area (Å²) in [4.78, 5) is 15.3. The van der Waals surface area contributed by atoms with Crippen LogP contribution in [0.3, 0.4) is 0 Å². The van der Waals surface area contributed by atoms with Crippen molar-refractivity contribution in [1.29, 1.82) is 0 Å². The average molecular weight is 240 g/mol. The lowest BCUT2D eigenvalue weighted by molar-refractivity contribution is -0.140. The Labute approximate surface area is 104 Å². The summed E-state index contributed by atoms with van der Waals surface area (Å²) in [6.45, 7) is 9.12. The third kappa shape index (κ3) is 2.80. The summed E-state index contributed by atoms with van der Waals surface area (Å²) in [5, 5.41) is 8.76. The Balaban J connectivity index is 1.75. The minimum atomic E-state index is -0.698. The first-order valence-electron chi connectivity index (χ1n) is 6.73. The van der Waals surface area contributed by atoms with Crippen molar-refractivity contribution in [2.24, 2.45) is 5.41 Å². The monoisotopic (exact) mass is 240 g/mol. The number of carboxylic acid groups (broad SMARTS) is 1. The van der Waals surface area contributed by atoms with Crippen molar-refractivity contribution in [2.45, 2.75) is 39.2 Å². The van der Waals surface area contributed by atoms with Gasteiger partial charge in [-0.05, 0) is 44.7 Å². The standard InChI is InChI=1S/C13H24N2O2/c1-3-11(2)15-9-13(10-15)4-6-14(7-5-13)8-12(16)17/h11H,3-10H2,1-2H3,(H,16,17). The zero-order valence-electron chi connectivity index (χ0n) is 11.0. The third-order valence-electron chi connectivity index (χ3n) is 4.57. The van der Waals surface area contributed by atoms with Gasteiger partial charge in [0.1, 0.15) is 0 Å². The van der Waals surface area contributed by atoms with E-state index in [-0.39, 0.29) is 6.54 Å². The molecule has 2 aliphatic rings. The maximum absolute atomic E-state index is 10.6. The molecule has 2 fully saturated rings. The largest absolute Gasteiger partial charge is 0.480 e. The SMILES string of the molecule is CCC(C)N1CC2(CCN(CC(=O)O)CC2)C1. The molecule has 0 radical (unpaired) electrons. The normalized spacial score (nSPS) is 26.7. The fraction of sp³-hybridized carbons (Fsp3) is 0.923. The molecule has 0 aromatic carbocycles. The Morgan fingerprint density at radius 1 is 1.35 bits per heavy atom. The minimum Gasteiger partial charge on any atom is -0.480 e. The molecule has 1 unspecified atom stereocenters. The number of rotatable bonds is 4. The summed E-state index contributed by atoms with van der Waals surface area (Å²) >= 11 is 0. The van der Waals surface area contributed by atoms with Crippen molar-refractivity contribution in [2.75, 3.05) is 32.7 Å². The highest BCUT2D eigenvalue weighted by molar-refractivity contribution is 5.69. The lowest BCUT2D eigenvalue weighted by Gasteiger charge is -2.56. The molecule has 0 amide bonds. The van der Waals surface area contributed by atoms with E-state index >= 15 is 0 Å². The van der Waals surface area contributed by atoms with Gasteiger partial charge in [0, 0.05) is 19.1 Å². The van der Waals surface area contributed by atoms with Crippen LogP contribution in [-0.4, -0.2) is 59.6 Å². The number of carboxylic acids is 1. The van der Waals surface area contributed by atoms with Crippen LogP contribution in [0.15, 0.2) is 0 Å². The number of carbonyl (C=O) groups is 1. The van der Waals surface area contributed by atoms with E-state index in [0.29, 0.717) is 11.5 Å². The van der Waals surface area contributed by atoms with Gasteiger partial charge in [0.2, 0.25) is 0 Å². The lowest BCUT2D eigenvalue weighted by atomic mass is 9.71. The molecule has 1 atom stereocenters. The van der Waals surface area contributed by atoms with Crippen LogP contribution in [0.4, 0.5) is 0 Å². The molecule has 2 heterocycles. The van der Waals surface area contributed by atoms with Crippen LogP contribution in [0.25, 0.3) is 0 Å². The molecule has 2 rings (SSSR count). The van der Waals surface area contributed by atoms with Crippen LogP contribution in [-0.2, 0) is 4.79 Å². The van der Waals surface area contributed by atoms with Gasteiger partial charge in [0.25, 0.3) is 0 Å². The second-order valence-corrected chi connectivity index (χ2v) is 5.83. The summed E-state index contributed by atoms with van der Waals surface area (Å²) in [5.41, 5.74) is 0.512. The summed E-state index contributed by atoms with van der Waals surface area (Å²) in [6.07, 6.45) is 3.57. The number of aliphatic carboxylic acids is 1. The Morgan fingerprint density at radius 2 is 1.94 bits per heavy atom. The molecule has 4 heteroatoms. The number of piperidine rings is 1. The van der Waals surface area contributed by atoms with Crippen molar-refractivity contribution in [3.63, 3.8) is 0 Å². The van der Waals surface area contributed by atoms with E-state index in [9.17, 15) is 4.79 Å².